The van der Waals surface area contributed by atoms with Crippen LogP contribution in [0.5, 0.6) is 0 Å². The highest BCUT2D eigenvalue weighted by molar-refractivity contribution is 7.14. The molecule has 0 saturated carbocycles. The Morgan fingerprint density at radius 2 is 2.27 bits per heavy atom. The van der Waals surface area contributed by atoms with Crippen molar-refractivity contribution in [3.8, 4) is 10.6 Å². The van der Waals surface area contributed by atoms with Gasteiger partial charge in [-0.25, -0.2) is 0 Å². The highest BCUT2D eigenvalue weighted by Crippen LogP contribution is 2.27. The first-order chi connectivity index (χ1) is 7.20. The molecule has 4 nitrogen and oxygen atoms in total. The molecule has 0 amide bonds. The molecule has 0 bridgehead atoms. The largest absolute Gasteiger partial charge is 0.469 e. The number of rotatable bonds is 3. The molecule has 0 radical (unpaired) electrons. The molecule has 0 aliphatic carbocycles. The van der Waals surface area contributed by atoms with Gasteiger partial charge in [-0.15, -0.1) is 10.2 Å². The van der Waals surface area contributed by atoms with E-state index in [1.54, 1.807) is 17.6 Å². The maximum absolute atomic E-state index is 5.24. The van der Waals surface area contributed by atoms with E-state index in [0.29, 0.717) is 0 Å². The molecule has 0 aromatic carbocycles. The zero-order valence-electron chi connectivity index (χ0n) is 8.94. The Morgan fingerprint density at radius 3 is 2.87 bits per heavy atom. The lowest BCUT2D eigenvalue weighted by molar-refractivity contribution is 0.535. The Hall–Kier alpha value is -1.20. The smallest absolute Gasteiger partial charge is 0.151 e. The molecule has 2 rings (SSSR count). The standard InChI is InChI=1S/C10H13N3OS/c1-6-4-8(5-14-6)10-13-12-9(15-10)7(2)11-3/h4-5,7,11H,1-3H3. The molecular weight excluding hydrogens is 210 g/mol. The molecule has 2 aromatic heterocycles. The topological polar surface area (TPSA) is 51.0 Å². The van der Waals surface area contributed by atoms with Crippen LogP contribution in [0.25, 0.3) is 10.6 Å². The molecule has 0 fully saturated rings. The summed E-state index contributed by atoms with van der Waals surface area (Å²) in [6.45, 7) is 3.98. The summed E-state index contributed by atoms with van der Waals surface area (Å²) in [4.78, 5) is 0. The van der Waals surface area contributed by atoms with Gasteiger partial charge in [-0.3, -0.25) is 0 Å². The van der Waals surface area contributed by atoms with Gasteiger partial charge in [0.2, 0.25) is 0 Å². The summed E-state index contributed by atoms with van der Waals surface area (Å²) in [6.07, 6.45) is 1.71. The van der Waals surface area contributed by atoms with E-state index in [1.165, 1.54) is 0 Å². The summed E-state index contributed by atoms with van der Waals surface area (Å²) >= 11 is 1.59. The first kappa shape index (κ1) is 10.3. The average Bonchev–Trinajstić information content (AvgIpc) is 2.84. The van der Waals surface area contributed by atoms with Crippen LogP contribution in [0.2, 0.25) is 0 Å². The number of hydrogen-bond acceptors (Lipinski definition) is 5. The van der Waals surface area contributed by atoms with Gasteiger partial charge in [0.1, 0.15) is 17.0 Å². The van der Waals surface area contributed by atoms with Gasteiger partial charge in [0.05, 0.1) is 11.6 Å². The fraction of sp³-hybridized carbons (Fsp3) is 0.400. The quantitative estimate of drug-likeness (QED) is 0.868. The normalized spacial score (nSPS) is 13.0. The second-order valence-electron chi connectivity index (χ2n) is 3.40. The van der Waals surface area contributed by atoms with Gasteiger partial charge >= 0.3 is 0 Å². The zero-order chi connectivity index (χ0) is 10.8. The third kappa shape index (κ3) is 2.08. The number of aryl methyl sites for hydroxylation is 1. The van der Waals surface area contributed by atoms with Crippen molar-refractivity contribution in [1.82, 2.24) is 15.5 Å². The van der Waals surface area contributed by atoms with Gasteiger partial charge in [-0.05, 0) is 27.0 Å². The highest BCUT2D eigenvalue weighted by atomic mass is 32.1. The van der Waals surface area contributed by atoms with Crippen molar-refractivity contribution >= 4 is 11.3 Å². The van der Waals surface area contributed by atoms with E-state index in [9.17, 15) is 0 Å². The lowest BCUT2D eigenvalue weighted by atomic mass is 10.3. The van der Waals surface area contributed by atoms with E-state index in [1.807, 2.05) is 20.0 Å². The molecule has 1 atom stereocenters. The first-order valence-electron chi connectivity index (χ1n) is 4.77. The van der Waals surface area contributed by atoms with E-state index >= 15 is 0 Å². The minimum atomic E-state index is 0.240. The molecule has 15 heavy (non-hydrogen) atoms. The predicted octanol–water partition coefficient (Wildman–Crippen LogP) is 2.39. The molecule has 5 heteroatoms. The minimum Gasteiger partial charge on any atom is -0.469 e. The van der Waals surface area contributed by atoms with E-state index in [-0.39, 0.29) is 6.04 Å². The second-order valence-corrected chi connectivity index (χ2v) is 4.41. The van der Waals surface area contributed by atoms with Crippen molar-refractivity contribution in [3.05, 3.63) is 23.1 Å². The maximum atomic E-state index is 5.24. The summed E-state index contributed by atoms with van der Waals surface area (Å²) in [5, 5.41) is 13.3. The lowest BCUT2D eigenvalue weighted by Gasteiger charge is -2.02. The number of hydrogen-bond donors (Lipinski definition) is 1. The SMILES string of the molecule is CNC(C)c1nnc(-c2coc(C)c2)s1. The van der Waals surface area contributed by atoms with Gasteiger partial charge < -0.3 is 9.73 Å². The Morgan fingerprint density at radius 1 is 1.47 bits per heavy atom. The van der Waals surface area contributed by atoms with Crippen LogP contribution in [-0.4, -0.2) is 17.2 Å². The maximum Gasteiger partial charge on any atom is 0.151 e. The number of furan rings is 1. The lowest BCUT2D eigenvalue weighted by Crippen LogP contribution is -2.11. The zero-order valence-corrected chi connectivity index (χ0v) is 9.76. The summed E-state index contributed by atoms with van der Waals surface area (Å²) < 4.78 is 5.24. The molecule has 2 aromatic rings. The van der Waals surface area contributed by atoms with E-state index < -0.39 is 0 Å². The molecule has 1 unspecified atom stereocenters. The molecule has 80 valence electrons. The van der Waals surface area contributed by atoms with E-state index in [2.05, 4.69) is 22.4 Å². The van der Waals surface area contributed by atoms with Crippen LogP contribution in [0.15, 0.2) is 16.7 Å². The molecule has 0 saturated heterocycles. The van der Waals surface area contributed by atoms with Crippen molar-refractivity contribution < 1.29 is 4.42 Å². The van der Waals surface area contributed by atoms with Crippen LogP contribution < -0.4 is 5.32 Å². The molecule has 1 N–H and O–H groups in total. The van der Waals surface area contributed by atoms with Crippen molar-refractivity contribution in [2.24, 2.45) is 0 Å². The van der Waals surface area contributed by atoms with E-state index in [0.717, 1.165) is 21.3 Å². The summed E-state index contributed by atoms with van der Waals surface area (Å²) in [5.41, 5.74) is 1.000. The van der Waals surface area contributed by atoms with Gasteiger partial charge in [0, 0.05) is 0 Å². The minimum absolute atomic E-state index is 0.240. The van der Waals surface area contributed by atoms with Crippen LogP contribution in [0.1, 0.15) is 23.7 Å². The number of aromatic nitrogens is 2. The fourth-order valence-electron chi connectivity index (χ4n) is 1.21. The van der Waals surface area contributed by atoms with Crippen molar-refractivity contribution in [3.63, 3.8) is 0 Å². The monoisotopic (exact) mass is 223 g/mol. The van der Waals surface area contributed by atoms with Crippen molar-refractivity contribution in [2.75, 3.05) is 7.05 Å². The Balaban J connectivity index is 2.27. The van der Waals surface area contributed by atoms with Crippen molar-refractivity contribution in [2.45, 2.75) is 19.9 Å². The summed E-state index contributed by atoms with van der Waals surface area (Å²) in [7, 11) is 1.91. The Bertz CT molecular complexity index is 449. The first-order valence-corrected chi connectivity index (χ1v) is 5.58. The molecule has 2 heterocycles. The van der Waals surface area contributed by atoms with Gasteiger partial charge in [-0.1, -0.05) is 11.3 Å². The van der Waals surface area contributed by atoms with Crippen LogP contribution >= 0.6 is 11.3 Å². The third-order valence-electron chi connectivity index (χ3n) is 2.22. The average molecular weight is 223 g/mol. The number of nitrogens with zero attached hydrogens (tertiary/aromatic N) is 2. The highest BCUT2D eigenvalue weighted by Gasteiger charge is 2.12. The van der Waals surface area contributed by atoms with Crippen LogP contribution in [0.4, 0.5) is 0 Å². The van der Waals surface area contributed by atoms with E-state index in [4.69, 9.17) is 4.42 Å². The van der Waals surface area contributed by atoms with Crippen LogP contribution in [-0.2, 0) is 0 Å². The second kappa shape index (κ2) is 4.12. The molecular formula is C10H13N3OS. The summed E-state index contributed by atoms with van der Waals surface area (Å²) in [6, 6.07) is 2.21. The van der Waals surface area contributed by atoms with Crippen LogP contribution in [0, 0.1) is 6.92 Å². The van der Waals surface area contributed by atoms with Gasteiger partial charge in [0.15, 0.2) is 5.01 Å². The summed E-state index contributed by atoms with van der Waals surface area (Å²) in [5.74, 6) is 0.892. The molecule has 0 aliphatic heterocycles. The van der Waals surface area contributed by atoms with Crippen LogP contribution in [0.3, 0.4) is 0 Å². The van der Waals surface area contributed by atoms with Crippen molar-refractivity contribution in [1.29, 1.82) is 0 Å². The Kier molecular flexibility index (Phi) is 2.83. The number of nitrogens with one attached hydrogen (secondary N) is 1. The fourth-order valence-corrected chi connectivity index (χ4v) is 2.09. The molecule has 0 aliphatic rings. The van der Waals surface area contributed by atoms with Gasteiger partial charge in [-0.2, -0.15) is 0 Å². The molecule has 0 spiro atoms. The predicted molar refractivity (Wildman–Crippen MR) is 59.8 cm³/mol. The third-order valence-corrected chi connectivity index (χ3v) is 3.38. The Labute approximate surface area is 92.3 Å². The van der Waals surface area contributed by atoms with Gasteiger partial charge in [0.25, 0.3) is 0 Å².